The van der Waals surface area contributed by atoms with Gasteiger partial charge in [0.1, 0.15) is 5.82 Å². The van der Waals surface area contributed by atoms with E-state index in [1.807, 2.05) is 30.8 Å². The molecule has 0 fully saturated rings. The highest BCUT2D eigenvalue weighted by Crippen LogP contribution is 2.24. The lowest BCUT2D eigenvalue weighted by Crippen LogP contribution is -2.04. The maximum absolute atomic E-state index is 5.71. The SMILES string of the molecule is Cc1cc(NCc2ccc3nc(N)sc3c2)n(C)n1. The van der Waals surface area contributed by atoms with Crippen LogP contribution in [0.4, 0.5) is 10.9 Å². The average Bonchev–Trinajstić information content (AvgIpc) is 2.87. The predicted octanol–water partition coefficient (Wildman–Crippen LogP) is 2.53. The Kier molecular flexibility index (Phi) is 2.87. The fraction of sp³-hybridized carbons (Fsp3) is 0.231. The van der Waals surface area contributed by atoms with Crippen molar-refractivity contribution in [1.29, 1.82) is 0 Å². The summed E-state index contributed by atoms with van der Waals surface area (Å²) in [5.74, 6) is 1.02. The number of hydrogen-bond donors (Lipinski definition) is 2. The third-order valence-electron chi connectivity index (χ3n) is 2.95. The van der Waals surface area contributed by atoms with Crippen molar-refractivity contribution in [1.82, 2.24) is 14.8 Å². The van der Waals surface area contributed by atoms with Crippen LogP contribution in [0.1, 0.15) is 11.3 Å². The lowest BCUT2D eigenvalue weighted by atomic mass is 10.2. The van der Waals surface area contributed by atoms with Crippen molar-refractivity contribution in [2.75, 3.05) is 11.1 Å². The smallest absolute Gasteiger partial charge is 0.181 e. The molecule has 3 aromatic rings. The van der Waals surface area contributed by atoms with Crippen LogP contribution in [0.15, 0.2) is 24.3 Å². The standard InChI is InChI=1S/C13H15N5S/c1-8-5-12(18(2)17-8)15-7-9-3-4-10-11(6-9)19-13(14)16-10/h3-6,15H,7H2,1-2H3,(H2,14,16). The van der Waals surface area contributed by atoms with Crippen LogP contribution in [0, 0.1) is 6.92 Å². The molecule has 3 rings (SSSR count). The minimum absolute atomic E-state index is 0.613. The minimum atomic E-state index is 0.613. The van der Waals surface area contributed by atoms with Crippen LogP contribution >= 0.6 is 11.3 Å². The molecule has 0 unspecified atom stereocenters. The summed E-state index contributed by atoms with van der Waals surface area (Å²) in [7, 11) is 1.93. The lowest BCUT2D eigenvalue weighted by molar-refractivity contribution is 0.758. The van der Waals surface area contributed by atoms with Gasteiger partial charge in [-0.3, -0.25) is 4.68 Å². The Labute approximate surface area is 115 Å². The molecule has 0 radical (unpaired) electrons. The van der Waals surface area contributed by atoms with Crippen LogP contribution in [0.5, 0.6) is 0 Å². The molecule has 2 heterocycles. The fourth-order valence-electron chi connectivity index (χ4n) is 2.07. The van der Waals surface area contributed by atoms with E-state index in [0.29, 0.717) is 5.13 Å². The van der Waals surface area contributed by atoms with Crippen molar-refractivity contribution in [3.05, 3.63) is 35.5 Å². The van der Waals surface area contributed by atoms with Gasteiger partial charge in [0.15, 0.2) is 5.13 Å². The fourth-order valence-corrected chi connectivity index (χ4v) is 2.86. The third-order valence-corrected chi connectivity index (χ3v) is 3.79. The molecule has 0 spiro atoms. The zero-order chi connectivity index (χ0) is 13.4. The Morgan fingerprint density at radius 2 is 2.21 bits per heavy atom. The molecule has 1 aromatic carbocycles. The van der Waals surface area contributed by atoms with Crippen molar-refractivity contribution in [3.8, 4) is 0 Å². The van der Waals surface area contributed by atoms with Gasteiger partial charge in [0.25, 0.3) is 0 Å². The molecule has 5 nitrogen and oxygen atoms in total. The van der Waals surface area contributed by atoms with Gasteiger partial charge in [-0.25, -0.2) is 4.98 Å². The average molecular weight is 273 g/mol. The number of hydrogen-bond acceptors (Lipinski definition) is 5. The van der Waals surface area contributed by atoms with Crippen molar-refractivity contribution in [2.45, 2.75) is 13.5 Å². The predicted molar refractivity (Wildman–Crippen MR) is 79.3 cm³/mol. The summed E-state index contributed by atoms with van der Waals surface area (Å²) >= 11 is 1.52. The van der Waals surface area contributed by atoms with Crippen molar-refractivity contribution in [3.63, 3.8) is 0 Å². The highest BCUT2D eigenvalue weighted by Gasteiger charge is 2.04. The van der Waals surface area contributed by atoms with E-state index in [0.717, 1.165) is 28.3 Å². The Morgan fingerprint density at radius 1 is 1.37 bits per heavy atom. The van der Waals surface area contributed by atoms with Crippen molar-refractivity contribution < 1.29 is 0 Å². The summed E-state index contributed by atoms with van der Waals surface area (Å²) in [6, 6.07) is 8.23. The summed E-state index contributed by atoms with van der Waals surface area (Å²) < 4.78 is 2.97. The summed E-state index contributed by atoms with van der Waals surface area (Å²) in [5, 5.41) is 8.29. The molecular formula is C13H15N5S. The first kappa shape index (κ1) is 12.0. The first-order valence-corrected chi connectivity index (χ1v) is 6.83. The highest BCUT2D eigenvalue weighted by molar-refractivity contribution is 7.22. The van der Waals surface area contributed by atoms with Gasteiger partial charge in [-0.1, -0.05) is 17.4 Å². The van der Waals surface area contributed by atoms with Gasteiger partial charge in [-0.05, 0) is 24.6 Å². The second-order valence-corrected chi connectivity index (χ2v) is 5.56. The van der Waals surface area contributed by atoms with Gasteiger partial charge < -0.3 is 11.1 Å². The maximum Gasteiger partial charge on any atom is 0.181 e. The van der Waals surface area contributed by atoms with Crippen LogP contribution < -0.4 is 11.1 Å². The third kappa shape index (κ3) is 2.39. The Hall–Kier alpha value is -2.08. The number of thiazole rings is 1. The van der Waals surface area contributed by atoms with Gasteiger partial charge in [0, 0.05) is 19.7 Å². The summed E-state index contributed by atoms with van der Waals surface area (Å²) in [4.78, 5) is 4.25. The van der Waals surface area contributed by atoms with E-state index in [1.165, 1.54) is 16.9 Å². The van der Waals surface area contributed by atoms with Crippen molar-refractivity contribution in [2.24, 2.45) is 7.05 Å². The largest absolute Gasteiger partial charge is 0.375 e. The van der Waals surface area contributed by atoms with Crippen LogP contribution in [-0.4, -0.2) is 14.8 Å². The molecule has 0 aliphatic carbocycles. The first-order valence-electron chi connectivity index (χ1n) is 6.01. The second kappa shape index (κ2) is 4.55. The van der Waals surface area contributed by atoms with Crippen molar-refractivity contribution >= 4 is 32.5 Å². The maximum atomic E-state index is 5.71. The molecule has 0 amide bonds. The molecule has 0 aliphatic rings. The Balaban J connectivity index is 1.79. The second-order valence-electron chi connectivity index (χ2n) is 4.50. The number of nitrogens with zero attached hydrogens (tertiary/aromatic N) is 3. The molecule has 98 valence electrons. The van der Waals surface area contributed by atoms with E-state index >= 15 is 0 Å². The van der Waals surface area contributed by atoms with E-state index in [2.05, 4.69) is 27.5 Å². The molecule has 0 bridgehead atoms. The number of aryl methyl sites for hydroxylation is 2. The zero-order valence-corrected chi connectivity index (χ0v) is 11.7. The number of aromatic nitrogens is 3. The molecular weight excluding hydrogens is 258 g/mol. The van der Waals surface area contributed by atoms with Crippen LogP contribution in [0.25, 0.3) is 10.2 Å². The Morgan fingerprint density at radius 3 is 2.95 bits per heavy atom. The van der Waals surface area contributed by atoms with Gasteiger partial charge >= 0.3 is 0 Å². The van der Waals surface area contributed by atoms with E-state index in [-0.39, 0.29) is 0 Å². The number of rotatable bonds is 3. The van der Waals surface area contributed by atoms with Crippen LogP contribution in [-0.2, 0) is 13.6 Å². The van der Waals surface area contributed by atoms with E-state index in [1.54, 1.807) is 0 Å². The highest BCUT2D eigenvalue weighted by atomic mass is 32.1. The lowest BCUT2D eigenvalue weighted by Gasteiger charge is -2.06. The minimum Gasteiger partial charge on any atom is -0.375 e. The number of benzene rings is 1. The van der Waals surface area contributed by atoms with Gasteiger partial charge in [0.2, 0.25) is 0 Å². The summed E-state index contributed by atoms with van der Waals surface area (Å²) in [6.45, 7) is 2.74. The van der Waals surface area contributed by atoms with Gasteiger partial charge in [0.05, 0.1) is 15.9 Å². The van der Waals surface area contributed by atoms with Gasteiger partial charge in [-0.15, -0.1) is 0 Å². The monoisotopic (exact) mass is 273 g/mol. The van der Waals surface area contributed by atoms with E-state index < -0.39 is 0 Å². The molecule has 0 saturated heterocycles. The molecule has 0 atom stereocenters. The quantitative estimate of drug-likeness (QED) is 0.769. The topological polar surface area (TPSA) is 68.8 Å². The molecule has 19 heavy (non-hydrogen) atoms. The molecule has 6 heteroatoms. The molecule has 0 aliphatic heterocycles. The summed E-state index contributed by atoms with van der Waals surface area (Å²) in [6.07, 6.45) is 0. The zero-order valence-electron chi connectivity index (χ0n) is 10.8. The number of anilines is 2. The number of nitrogen functional groups attached to an aromatic ring is 1. The number of nitrogens with one attached hydrogen (secondary N) is 1. The van der Waals surface area contributed by atoms with E-state index in [9.17, 15) is 0 Å². The number of nitrogens with two attached hydrogens (primary N) is 1. The molecule has 2 aromatic heterocycles. The summed E-state index contributed by atoms with van der Waals surface area (Å²) in [5.41, 5.74) is 8.88. The molecule has 0 saturated carbocycles. The molecule has 3 N–H and O–H groups in total. The van der Waals surface area contributed by atoms with Crippen LogP contribution in [0.2, 0.25) is 0 Å². The number of fused-ring (bicyclic) bond motifs is 1. The normalized spacial score (nSPS) is 11.1. The first-order chi connectivity index (χ1) is 9.11. The van der Waals surface area contributed by atoms with E-state index in [4.69, 9.17) is 5.73 Å². The van der Waals surface area contributed by atoms with Gasteiger partial charge in [-0.2, -0.15) is 5.10 Å². The van der Waals surface area contributed by atoms with Crippen LogP contribution in [0.3, 0.4) is 0 Å². The Bertz CT molecular complexity index is 728.